The van der Waals surface area contributed by atoms with Gasteiger partial charge in [-0.05, 0) is 159 Å². The number of nitrogen functional groups attached to an aromatic ring is 1. The van der Waals surface area contributed by atoms with Crippen molar-refractivity contribution in [3.8, 4) is 44.5 Å². The van der Waals surface area contributed by atoms with Gasteiger partial charge in [-0.15, -0.1) is 0 Å². The van der Waals surface area contributed by atoms with Crippen molar-refractivity contribution in [1.82, 2.24) is 0 Å². The van der Waals surface area contributed by atoms with E-state index in [1.807, 2.05) is 7.05 Å². The number of benzene rings is 8. The van der Waals surface area contributed by atoms with Crippen LogP contribution in [0.25, 0.3) is 82.9 Å². The molecule has 0 heterocycles. The molecule has 0 amide bonds. The third-order valence-electron chi connectivity index (χ3n) is 13.4. The normalized spacial score (nSPS) is 15.5. The highest BCUT2D eigenvalue weighted by atomic mass is 14.8. The summed E-state index contributed by atoms with van der Waals surface area (Å²) in [5, 5.41) is 10.9. The Balaban J connectivity index is 1.18. The third kappa shape index (κ3) is 4.37. The van der Waals surface area contributed by atoms with Gasteiger partial charge in [-0.1, -0.05) is 125 Å². The van der Waals surface area contributed by atoms with E-state index < -0.39 is 0 Å². The number of allylic oxidation sites excluding steroid dienone is 1. The van der Waals surface area contributed by atoms with E-state index in [0.717, 1.165) is 24.2 Å². The highest BCUT2D eigenvalue weighted by Gasteiger charge is 2.39. The molecule has 3 aliphatic rings. The smallest absolute Gasteiger partial charge is 0.0344 e. The number of nitrogens with two attached hydrogens (primary N) is 1. The molecule has 0 aliphatic heterocycles. The molecular weight excluding hydrogens is 665 g/mol. The van der Waals surface area contributed by atoms with E-state index >= 15 is 0 Å². The second kappa shape index (κ2) is 11.2. The predicted octanol–water partition coefficient (Wildman–Crippen LogP) is 13.7. The van der Waals surface area contributed by atoms with Crippen LogP contribution < -0.4 is 11.1 Å². The number of fused-ring (bicyclic) bond motifs is 12. The van der Waals surface area contributed by atoms with E-state index in [9.17, 15) is 0 Å². The Morgan fingerprint density at radius 2 is 1.18 bits per heavy atom. The maximum atomic E-state index is 6.69. The topological polar surface area (TPSA) is 38.0 Å². The van der Waals surface area contributed by atoms with E-state index in [-0.39, 0.29) is 10.8 Å². The molecule has 11 rings (SSSR count). The van der Waals surface area contributed by atoms with Crippen molar-refractivity contribution in [2.24, 2.45) is 0 Å². The molecule has 0 radical (unpaired) electrons. The average Bonchev–Trinajstić information content (AvgIpc) is 3.58. The number of anilines is 2. The molecule has 2 nitrogen and oxygen atoms in total. The van der Waals surface area contributed by atoms with E-state index in [2.05, 4.69) is 166 Å². The fraction of sp³-hybridized carbons (Fsp3) is 0.170. The Kier molecular flexibility index (Phi) is 6.59. The van der Waals surface area contributed by atoms with Gasteiger partial charge >= 0.3 is 0 Å². The van der Waals surface area contributed by atoms with Crippen molar-refractivity contribution in [1.29, 1.82) is 0 Å². The van der Waals surface area contributed by atoms with Gasteiger partial charge in [-0.2, -0.15) is 0 Å². The summed E-state index contributed by atoms with van der Waals surface area (Å²) >= 11 is 0. The van der Waals surface area contributed by atoms with Gasteiger partial charge in [-0.3, -0.25) is 0 Å². The van der Waals surface area contributed by atoms with Crippen LogP contribution in [0.5, 0.6) is 0 Å². The maximum Gasteiger partial charge on any atom is 0.0344 e. The van der Waals surface area contributed by atoms with Crippen molar-refractivity contribution in [3.63, 3.8) is 0 Å². The first kappa shape index (κ1) is 32.3. The molecule has 55 heavy (non-hydrogen) atoms. The molecule has 0 saturated carbocycles. The van der Waals surface area contributed by atoms with Crippen molar-refractivity contribution in [2.75, 3.05) is 18.1 Å². The molecule has 8 aromatic rings. The molecule has 3 N–H and O–H groups in total. The Morgan fingerprint density at radius 1 is 0.545 bits per heavy atom. The van der Waals surface area contributed by atoms with Crippen LogP contribution in [0.3, 0.4) is 0 Å². The van der Waals surface area contributed by atoms with Crippen molar-refractivity contribution in [2.45, 2.75) is 51.4 Å². The first-order chi connectivity index (χ1) is 26.6. The summed E-state index contributed by atoms with van der Waals surface area (Å²) in [6.45, 7) is 9.59. The van der Waals surface area contributed by atoms with E-state index in [1.54, 1.807) is 0 Å². The SMILES string of the molecule is CNc1ccc2c(-c3ccc4c(c3)-c3ccc5ccccc5c3C4(C)C)c3cc(N)ccc3c(-c3ccc4c(c3)-c3ccc5c(c3C4(C)C)CCC=C5)c2c1. The zero-order chi connectivity index (χ0) is 37.4. The van der Waals surface area contributed by atoms with E-state index in [4.69, 9.17) is 5.73 Å². The lowest BCUT2D eigenvalue weighted by molar-refractivity contribution is 0.649. The lowest BCUT2D eigenvalue weighted by atomic mass is 9.77. The van der Waals surface area contributed by atoms with Crippen LogP contribution in [0, 0.1) is 0 Å². The van der Waals surface area contributed by atoms with Crippen LogP contribution in [0.15, 0.2) is 127 Å². The van der Waals surface area contributed by atoms with Crippen LogP contribution in [0.1, 0.15) is 67.5 Å². The Bertz CT molecular complexity index is 3030. The number of rotatable bonds is 3. The molecule has 266 valence electrons. The molecular formula is C53H44N2. The number of nitrogens with one attached hydrogen (secondary N) is 1. The van der Waals surface area contributed by atoms with Gasteiger partial charge in [0, 0.05) is 29.3 Å². The third-order valence-corrected chi connectivity index (χ3v) is 13.4. The largest absolute Gasteiger partial charge is 0.399 e. The molecule has 0 bridgehead atoms. The summed E-state index contributed by atoms with van der Waals surface area (Å²) in [4.78, 5) is 0. The van der Waals surface area contributed by atoms with Crippen LogP contribution >= 0.6 is 0 Å². The van der Waals surface area contributed by atoms with Crippen LogP contribution in [0.2, 0.25) is 0 Å². The summed E-state index contributed by atoms with van der Waals surface area (Å²) < 4.78 is 0. The summed E-state index contributed by atoms with van der Waals surface area (Å²) in [6.07, 6.45) is 6.84. The highest BCUT2D eigenvalue weighted by Crippen LogP contribution is 2.55. The van der Waals surface area contributed by atoms with E-state index in [0.29, 0.717) is 0 Å². The molecule has 3 aliphatic carbocycles. The summed E-state index contributed by atoms with van der Waals surface area (Å²) in [6, 6.07) is 46.0. The second-order valence-electron chi connectivity index (χ2n) is 17.0. The Labute approximate surface area is 323 Å². The summed E-state index contributed by atoms with van der Waals surface area (Å²) in [7, 11) is 2.01. The quantitative estimate of drug-likeness (QED) is 0.142. The molecule has 0 spiro atoms. The Morgan fingerprint density at radius 3 is 1.91 bits per heavy atom. The summed E-state index contributed by atoms with van der Waals surface area (Å²) in [5.74, 6) is 0. The predicted molar refractivity (Wildman–Crippen MR) is 236 cm³/mol. The van der Waals surface area contributed by atoms with Crippen molar-refractivity contribution >= 4 is 49.8 Å². The van der Waals surface area contributed by atoms with Gasteiger partial charge in [-0.25, -0.2) is 0 Å². The number of hydrogen-bond donors (Lipinski definition) is 2. The highest BCUT2D eigenvalue weighted by molar-refractivity contribution is 6.22. The lowest BCUT2D eigenvalue weighted by Crippen LogP contribution is -2.18. The van der Waals surface area contributed by atoms with Gasteiger partial charge in [0.1, 0.15) is 0 Å². The van der Waals surface area contributed by atoms with Gasteiger partial charge in [0.2, 0.25) is 0 Å². The minimum atomic E-state index is -0.110. The molecule has 0 saturated heterocycles. The molecule has 0 aromatic heterocycles. The lowest BCUT2D eigenvalue weighted by Gasteiger charge is -2.26. The zero-order valence-electron chi connectivity index (χ0n) is 32.2. The molecule has 0 atom stereocenters. The van der Waals surface area contributed by atoms with Gasteiger partial charge in [0.15, 0.2) is 0 Å². The molecule has 0 fully saturated rings. The van der Waals surface area contributed by atoms with Crippen LogP contribution in [-0.4, -0.2) is 7.05 Å². The second-order valence-corrected chi connectivity index (χ2v) is 17.0. The first-order valence-electron chi connectivity index (χ1n) is 19.8. The fourth-order valence-electron chi connectivity index (χ4n) is 10.9. The standard InChI is InChI=1S/C53H44N2/c1-52(2)46-24-16-32(26-42(46)40-20-14-30-10-6-8-12-36(30)50(40)52)48-39-23-19-35(55-5)29-45(39)49(38-22-18-34(54)28-44(38)48)33-17-25-47-43(27-33)41-21-15-31-11-7-9-13-37(31)51(41)53(47,3)4/h6-8,10-12,14-29,55H,9,13,54H2,1-5H3. The van der Waals surface area contributed by atoms with Gasteiger partial charge in [0.25, 0.3) is 0 Å². The number of hydrogen-bond acceptors (Lipinski definition) is 2. The van der Waals surface area contributed by atoms with Gasteiger partial charge in [0.05, 0.1) is 0 Å². The molecule has 8 aromatic carbocycles. The first-order valence-corrected chi connectivity index (χ1v) is 19.8. The monoisotopic (exact) mass is 708 g/mol. The molecule has 2 heteroatoms. The van der Waals surface area contributed by atoms with Crippen molar-refractivity contribution in [3.05, 3.63) is 161 Å². The molecule has 0 unspecified atom stereocenters. The minimum absolute atomic E-state index is 0.0610. The maximum absolute atomic E-state index is 6.69. The summed E-state index contributed by atoms with van der Waals surface area (Å²) in [5.41, 5.74) is 27.3. The minimum Gasteiger partial charge on any atom is -0.399 e. The van der Waals surface area contributed by atoms with Crippen LogP contribution in [-0.2, 0) is 17.3 Å². The average molecular weight is 709 g/mol. The van der Waals surface area contributed by atoms with E-state index in [1.165, 1.54) is 110 Å². The van der Waals surface area contributed by atoms with Crippen molar-refractivity contribution < 1.29 is 0 Å². The fourth-order valence-corrected chi connectivity index (χ4v) is 10.9. The van der Waals surface area contributed by atoms with Crippen LogP contribution in [0.4, 0.5) is 11.4 Å². The van der Waals surface area contributed by atoms with Gasteiger partial charge < -0.3 is 11.1 Å². The Hall–Kier alpha value is -6.12. The zero-order valence-corrected chi connectivity index (χ0v) is 32.2.